The lowest BCUT2D eigenvalue weighted by Crippen LogP contribution is -2.36. The highest BCUT2D eigenvalue weighted by Gasteiger charge is 2.30. The number of anilines is 1. The molecule has 1 amide bonds. The molecule has 0 saturated heterocycles. The van der Waals surface area contributed by atoms with Gasteiger partial charge in [0.1, 0.15) is 0 Å². The number of hydrogen-bond acceptors (Lipinski definition) is 3. The van der Waals surface area contributed by atoms with E-state index >= 15 is 0 Å². The number of amides is 1. The van der Waals surface area contributed by atoms with Crippen molar-refractivity contribution in [1.29, 1.82) is 0 Å². The van der Waals surface area contributed by atoms with Gasteiger partial charge in [-0.1, -0.05) is 24.3 Å². The zero-order valence-corrected chi connectivity index (χ0v) is 12.7. The van der Waals surface area contributed by atoms with Crippen molar-refractivity contribution in [3.8, 4) is 0 Å². The molecule has 2 heterocycles. The van der Waals surface area contributed by atoms with E-state index in [0.717, 1.165) is 17.7 Å². The van der Waals surface area contributed by atoms with Gasteiger partial charge in [0.15, 0.2) is 5.58 Å². The number of aromatic nitrogens is 1. The molecule has 1 unspecified atom stereocenters. The Morgan fingerprint density at radius 3 is 3.00 bits per heavy atom. The summed E-state index contributed by atoms with van der Waals surface area (Å²) in [6, 6.07) is 13.5. The van der Waals surface area contributed by atoms with Gasteiger partial charge in [-0.2, -0.15) is 0 Å². The Labute approximate surface area is 132 Å². The van der Waals surface area contributed by atoms with Crippen LogP contribution in [0, 0.1) is 0 Å². The van der Waals surface area contributed by atoms with Gasteiger partial charge in [0, 0.05) is 11.7 Å². The molecule has 2 aromatic carbocycles. The van der Waals surface area contributed by atoms with Gasteiger partial charge >= 0.3 is 5.76 Å². The fraction of sp³-hybridized carbons (Fsp3) is 0.222. The fourth-order valence-corrected chi connectivity index (χ4v) is 3.31. The Hall–Kier alpha value is -2.82. The molecule has 5 heteroatoms. The van der Waals surface area contributed by atoms with E-state index < -0.39 is 5.76 Å². The average molecular weight is 308 g/mol. The molecule has 0 saturated carbocycles. The van der Waals surface area contributed by atoms with Gasteiger partial charge in [-0.15, -0.1) is 0 Å². The molecule has 0 radical (unpaired) electrons. The molecule has 1 aliphatic rings. The van der Waals surface area contributed by atoms with Gasteiger partial charge in [-0.05, 0) is 42.7 Å². The maximum Gasteiger partial charge on any atom is 0.417 e. The zero-order valence-electron chi connectivity index (χ0n) is 12.7. The summed E-state index contributed by atoms with van der Waals surface area (Å²) >= 11 is 0. The maximum absolute atomic E-state index is 12.8. The van der Waals surface area contributed by atoms with Crippen molar-refractivity contribution in [3.63, 3.8) is 0 Å². The summed E-state index contributed by atoms with van der Waals surface area (Å²) in [6.07, 6.45) is 1.18. The molecular weight excluding hydrogens is 292 g/mol. The zero-order chi connectivity index (χ0) is 16.0. The number of carbonyl (C=O) groups is 1. The number of fused-ring (bicyclic) bond motifs is 2. The minimum absolute atomic E-state index is 0.0626. The van der Waals surface area contributed by atoms with E-state index in [0.29, 0.717) is 17.5 Å². The lowest BCUT2D eigenvalue weighted by molar-refractivity contribution is -0.118. The third kappa shape index (κ3) is 2.34. The Balaban J connectivity index is 1.63. The first-order valence-corrected chi connectivity index (χ1v) is 7.63. The second kappa shape index (κ2) is 5.12. The Morgan fingerprint density at radius 1 is 1.30 bits per heavy atom. The standard InChI is InChI=1S/C18H16N2O3/c1-11-8-13-4-2-3-5-15(13)20(11)17(21)10-12-6-7-16-14(9-12)19-18(22)23-16/h2-7,9,11H,8,10H2,1H3,(H,19,22). The van der Waals surface area contributed by atoms with E-state index in [2.05, 4.69) is 18.0 Å². The molecule has 23 heavy (non-hydrogen) atoms. The molecule has 0 fully saturated rings. The highest BCUT2D eigenvalue weighted by Crippen LogP contribution is 2.32. The number of para-hydroxylation sites is 1. The number of carbonyl (C=O) groups excluding carboxylic acids is 1. The van der Waals surface area contributed by atoms with Crippen LogP contribution in [0.5, 0.6) is 0 Å². The van der Waals surface area contributed by atoms with Crippen molar-refractivity contribution >= 4 is 22.7 Å². The molecule has 0 bridgehead atoms. The minimum atomic E-state index is -0.481. The van der Waals surface area contributed by atoms with Gasteiger partial charge in [0.2, 0.25) is 5.91 Å². The molecule has 1 aliphatic heterocycles. The third-order valence-corrected chi connectivity index (χ3v) is 4.31. The van der Waals surface area contributed by atoms with Crippen LogP contribution in [0.3, 0.4) is 0 Å². The Bertz CT molecular complexity index is 954. The first-order chi connectivity index (χ1) is 11.1. The van der Waals surface area contributed by atoms with Crippen LogP contribution in [0.15, 0.2) is 51.7 Å². The maximum atomic E-state index is 12.8. The summed E-state index contributed by atoms with van der Waals surface area (Å²) < 4.78 is 4.98. The Morgan fingerprint density at radius 2 is 2.13 bits per heavy atom. The van der Waals surface area contributed by atoms with E-state index in [1.165, 1.54) is 5.56 Å². The van der Waals surface area contributed by atoms with Crippen molar-refractivity contribution in [2.24, 2.45) is 0 Å². The summed E-state index contributed by atoms with van der Waals surface area (Å²) in [5.41, 5.74) is 4.20. The third-order valence-electron chi connectivity index (χ3n) is 4.31. The normalized spacial score (nSPS) is 16.7. The van der Waals surface area contributed by atoms with Crippen LogP contribution in [-0.4, -0.2) is 16.9 Å². The fourth-order valence-electron chi connectivity index (χ4n) is 3.31. The van der Waals surface area contributed by atoms with Crippen LogP contribution < -0.4 is 10.7 Å². The quantitative estimate of drug-likeness (QED) is 0.791. The van der Waals surface area contributed by atoms with E-state index in [-0.39, 0.29) is 11.9 Å². The van der Waals surface area contributed by atoms with E-state index in [1.54, 1.807) is 12.1 Å². The first kappa shape index (κ1) is 13.8. The van der Waals surface area contributed by atoms with Crippen molar-refractivity contribution in [2.45, 2.75) is 25.8 Å². The topological polar surface area (TPSA) is 66.3 Å². The van der Waals surface area contributed by atoms with Crippen molar-refractivity contribution in [1.82, 2.24) is 4.98 Å². The molecule has 4 rings (SSSR count). The monoisotopic (exact) mass is 308 g/mol. The van der Waals surface area contributed by atoms with Crippen LogP contribution >= 0.6 is 0 Å². The SMILES string of the molecule is CC1Cc2ccccc2N1C(=O)Cc1ccc2oc(=O)[nH]c2c1. The largest absolute Gasteiger partial charge is 0.417 e. The molecule has 1 aromatic heterocycles. The molecule has 0 aliphatic carbocycles. The first-order valence-electron chi connectivity index (χ1n) is 7.63. The molecular formula is C18H16N2O3. The number of hydrogen-bond donors (Lipinski definition) is 1. The summed E-state index contributed by atoms with van der Waals surface area (Å²) in [5, 5.41) is 0. The van der Waals surface area contributed by atoms with Crippen LogP contribution in [-0.2, 0) is 17.6 Å². The second-order valence-electron chi connectivity index (χ2n) is 5.97. The van der Waals surface area contributed by atoms with Crippen molar-refractivity contribution < 1.29 is 9.21 Å². The van der Waals surface area contributed by atoms with Gasteiger partial charge in [-0.25, -0.2) is 4.79 Å². The number of rotatable bonds is 2. The van der Waals surface area contributed by atoms with Crippen molar-refractivity contribution in [2.75, 3.05) is 4.90 Å². The van der Waals surface area contributed by atoms with Gasteiger partial charge in [0.25, 0.3) is 0 Å². The second-order valence-corrected chi connectivity index (χ2v) is 5.97. The lowest BCUT2D eigenvalue weighted by atomic mass is 10.1. The van der Waals surface area contributed by atoms with E-state index in [9.17, 15) is 9.59 Å². The number of nitrogens with one attached hydrogen (secondary N) is 1. The smallest absolute Gasteiger partial charge is 0.408 e. The van der Waals surface area contributed by atoms with E-state index in [1.807, 2.05) is 29.2 Å². The minimum Gasteiger partial charge on any atom is -0.408 e. The highest BCUT2D eigenvalue weighted by molar-refractivity contribution is 5.97. The summed E-state index contributed by atoms with van der Waals surface area (Å²) in [6.45, 7) is 2.06. The average Bonchev–Trinajstić information content (AvgIpc) is 3.04. The lowest BCUT2D eigenvalue weighted by Gasteiger charge is -2.22. The van der Waals surface area contributed by atoms with E-state index in [4.69, 9.17) is 4.42 Å². The van der Waals surface area contributed by atoms with Crippen LogP contribution in [0.25, 0.3) is 11.1 Å². The molecule has 3 aromatic rings. The molecule has 0 spiro atoms. The van der Waals surface area contributed by atoms with Gasteiger partial charge in [-0.3, -0.25) is 9.78 Å². The number of H-pyrrole nitrogens is 1. The summed E-state index contributed by atoms with van der Waals surface area (Å²) in [4.78, 5) is 28.5. The summed E-state index contributed by atoms with van der Waals surface area (Å²) in [5.74, 6) is -0.418. The summed E-state index contributed by atoms with van der Waals surface area (Å²) in [7, 11) is 0. The Kier molecular flexibility index (Phi) is 3.08. The predicted molar refractivity (Wildman–Crippen MR) is 87.6 cm³/mol. The van der Waals surface area contributed by atoms with Gasteiger partial charge in [0.05, 0.1) is 11.9 Å². The molecule has 116 valence electrons. The molecule has 1 atom stereocenters. The number of benzene rings is 2. The predicted octanol–water partition coefficient (Wildman–Crippen LogP) is 2.64. The van der Waals surface area contributed by atoms with Crippen LogP contribution in [0.1, 0.15) is 18.1 Å². The highest BCUT2D eigenvalue weighted by atomic mass is 16.4. The number of oxazole rings is 1. The van der Waals surface area contributed by atoms with Crippen molar-refractivity contribution in [3.05, 3.63) is 64.1 Å². The molecule has 1 N–H and O–H groups in total. The molecule has 5 nitrogen and oxygen atoms in total. The van der Waals surface area contributed by atoms with Crippen LogP contribution in [0.2, 0.25) is 0 Å². The van der Waals surface area contributed by atoms with Gasteiger partial charge < -0.3 is 9.32 Å². The number of aromatic amines is 1. The van der Waals surface area contributed by atoms with Crippen LogP contribution in [0.4, 0.5) is 5.69 Å². The number of nitrogens with zero attached hydrogens (tertiary/aromatic N) is 1.